The number of aromatic nitrogens is 1. The van der Waals surface area contributed by atoms with Crippen molar-refractivity contribution in [3.8, 4) is 0 Å². The summed E-state index contributed by atoms with van der Waals surface area (Å²) < 4.78 is 13.0. The molecule has 1 aromatic heterocycles. The first-order valence-corrected chi connectivity index (χ1v) is 2.65. The van der Waals surface area contributed by atoms with Gasteiger partial charge >= 0.3 is 11.8 Å². The van der Waals surface area contributed by atoms with E-state index in [0.717, 1.165) is 0 Å². The van der Waals surface area contributed by atoms with Crippen molar-refractivity contribution in [3.63, 3.8) is 0 Å². The van der Waals surface area contributed by atoms with E-state index in [1.165, 1.54) is 0 Å². The average Bonchev–Trinajstić information content (AvgIpc) is 1.82. The minimum Gasteiger partial charge on any atom is -0.461 e. The number of hydrogen-bond acceptors (Lipinski definition) is 5. The topological polar surface area (TPSA) is 81.4 Å². The van der Waals surface area contributed by atoms with Crippen LogP contribution in [0.25, 0.3) is 0 Å². The second-order valence-electron chi connectivity index (χ2n) is 1.43. The van der Waals surface area contributed by atoms with Crippen molar-refractivity contribution in [2.75, 3.05) is 6.61 Å². The van der Waals surface area contributed by atoms with Crippen LogP contribution in [0.3, 0.4) is 0 Å². The molecule has 1 rings (SSSR count). The van der Waals surface area contributed by atoms with Gasteiger partial charge in [-0.15, -0.1) is 0 Å². The van der Waals surface area contributed by atoms with E-state index in [9.17, 15) is 4.79 Å². The summed E-state index contributed by atoms with van der Waals surface area (Å²) in [5.41, 5.74) is 0. The molecule has 0 aliphatic heterocycles. The first kappa shape index (κ1) is 6.66. The predicted octanol–water partition coefficient (Wildman–Crippen LogP) is -0.146. The van der Waals surface area contributed by atoms with Crippen molar-refractivity contribution in [2.24, 2.45) is 0 Å². The van der Waals surface area contributed by atoms with E-state index < -0.39 is 5.82 Å². The average molecular weight is 146 g/mol. The first-order chi connectivity index (χ1) is 4.74. The molecule has 0 atom stereocenters. The van der Waals surface area contributed by atoms with Crippen LogP contribution < -0.4 is 5.82 Å². The quantitative estimate of drug-likeness (QED) is 0.441. The smallest absolute Gasteiger partial charge is 0.461 e. The molecule has 0 saturated carbocycles. The minimum absolute atomic E-state index is 0.330. The van der Waals surface area contributed by atoms with Gasteiger partial charge < -0.3 is 4.74 Å². The van der Waals surface area contributed by atoms with Gasteiger partial charge in [0.1, 0.15) is 0 Å². The zero-order chi connectivity index (χ0) is 7.56. The highest BCUT2D eigenvalue weighted by molar-refractivity contribution is 5.69. The highest BCUT2D eigenvalue weighted by Gasteiger charge is 2.08. The second kappa shape index (κ2) is 2.42. The third-order valence-corrected chi connectivity index (χ3v) is 0.762. The Kier molecular flexibility index (Phi) is 1.61. The molecule has 0 amide bonds. The third-order valence-electron chi connectivity index (χ3n) is 0.762. The molecule has 56 valence electrons. The van der Waals surface area contributed by atoms with E-state index >= 15 is 0 Å². The maximum atomic E-state index is 9.98. The van der Waals surface area contributed by atoms with Crippen LogP contribution in [0.2, 0.25) is 0 Å². The van der Waals surface area contributed by atoms with Gasteiger partial charge in [0.2, 0.25) is 0 Å². The number of nitrogens with zero attached hydrogens (tertiary/aromatic N) is 1. The van der Waals surface area contributed by atoms with E-state index in [2.05, 4.69) is 13.8 Å². The Hall–Kier alpha value is -1.46. The van der Waals surface area contributed by atoms with E-state index in [1.807, 2.05) is 0 Å². The van der Waals surface area contributed by atoms with Crippen molar-refractivity contribution in [3.05, 3.63) is 10.6 Å². The lowest BCUT2D eigenvalue weighted by Crippen LogP contribution is -2.24. The molecule has 0 aliphatic rings. The molecular weight excluding hydrogens is 140 g/mol. The second-order valence-corrected chi connectivity index (χ2v) is 1.43. The largest absolute Gasteiger partial charge is 0.564 e. The maximum absolute atomic E-state index is 9.98. The molecule has 1 aromatic rings. The van der Waals surface area contributed by atoms with Crippen LogP contribution in [0.4, 0.5) is 0 Å². The van der Waals surface area contributed by atoms with Crippen LogP contribution >= 0.6 is 0 Å². The molecule has 0 spiro atoms. The number of ether oxygens (including phenoxy) is 1. The van der Waals surface area contributed by atoms with Gasteiger partial charge in [0.25, 0.3) is 0 Å². The van der Waals surface area contributed by atoms with Crippen LogP contribution in [0.15, 0.2) is 13.8 Å². The van der Waals surface area contributed by atoms with E-state index in [1.54, 1.807) is 6.92 Å². The Labute approximate surface area is 55.4 Å². The standard InChI is InChI=1S/C4H6N2O4/c1-2-8-3(5)6-9-4(7)10-6/h5H,2H2,1H3. The van der Waals surface area contributed by atoms with Gasteiger partial charge in [-0.1, -0.05) is 0 Å². The van der Waals surface area contributed by atoms with Gasteiger partial charge in [-0.05, 0) is 6.92 Å². The summed E-state index contributed by atoms with van der Waals surface area (Å²) in [5, 5.41) is 6.94. The van der Waals surface area contributed by atoms with Crippen LogP contribution in [0, 0.1) is 5.41 Å². The fourth-order valence-electron chi connectivity index (χ4n) is 0.415. The Morgan fingerprint density at radius 1 is 1.80 bits per heavy atom. The molecule has 0 saturated heterocycles. The first-order valence-electron chi connectivity index (χ1n) is 2.65. The molecule has 0 radical (unpaired) electrons. The lowest BCUT2D eigenvalue weighted by molar-refractivity contribution is -0.0437. The van der Waals surface area contributed by atoms with E-state index in [-0.39, 0.29) is 6.02 Å². The zero-order valence-corrected chi connectivity index (χ0v) is 5.29. The molecular formula is C4H6N2O4. The SMILES string of the molecule is CCOC(=N)n1oc(=O)o1. The fraction of sp³-hybridized carbons (Fsp3) is 0.500. The normalized spacial score (nSPS) is 9.70. The highest BCUT2D eigenvalue weighted by Crippen LogP contribution is 1.85. The fourth-order valence-corrected chi connectivity index (χ4v) is 0.415. The molecule has 0 fully saturated rings. The summed E-state index contributed by atoms with van der Waals surface area (Å²) in [6.45, 7) is 2.03. The Bertz CT molecular complexity index is 252. The molecule has 0 aromatic carbocycles. The molecule has 1 heterocycles. The molecule has 6 nitrogen and oxygen atoms in total. The summed E-state index contributed by atoms with van der Waals surface area (Å²) in [7, 11) is 0. The lowest BCUT2D eigenvalue weighted by atomic mass is 10.9. The zero-order valence-electron chi connectivity index (χ0n) is 5.29. The molecule has 0 unspecified atom stereocenters. The minimum atomic E-state index is -0.829. The predicted molar refractivity (Wildman–Crippen MR) is 30.0 cm³/mol. The summed E-state index contributed by atoms with van der Waals surface area (Å²) in [4.78, 5) is 10.6. The molecule has 6 heteroatoms. The Morgan fingerprint density at radius 2 is 2.40 bits per heavy atom. The van der Waals surface area contributed by atoms with Crippen molar-refractivity contribution >= 4 is 6.02 Å². The van der Waals surface area contributed by atoms with Crippen molar-refractivity contribution in [1.29, 1.82) is 5.41 Å². The van der Waals surface area contributed by atoms with Gasteiger partial charge in [-0.2, -0.15) is 4.79 Å². The van der Waals surface area contributed by atoms with Gasteiger partial charge in [0.05, 0.1) is 6.61 Å². The summed E-state index contributed by atoms with van der Waals surface area (Å²) in [6, 6.07) is -0.331. The van der Waals surface area contributed by atoms with Crippen LogP contribution in [0.5, 0.6) is 0 Å². The molecule has 0 bridgehead atoms. The number of rotatable bonds is 1. The van der Waals surface area contributed by atoms with E-state index in [0.29, 0.717) is 11.5 Å². The van der Waals surface area contributed by atoms with Crippen LogP contribution in [-0.2, 0) is 4.74 Å². The Morgan fingerprint density at radius 3 is 2.80 bits per heavy atom. The number of hydrogen-bond donors (Lipinski definition) is 1. The highest BCUT2D eigenvalue weighted by atomic mass is 16.8. The number of nitrogens with one attached hydrogen (secondary N) is 1. The van der Waals surface area contributed by atoms with Gasteiger partial charge in [-0.3, -0.25) is 9.05 Å². The lowest BCUT2D eigenvalue weighted by Gasteiger charge is -2.03. The molecule has 0 aliphatic carbocycles. The third kappa shape index (κ3) is 1.09. The van der Waals surface area contributed by atoms with Crippen molar-refractivity contribution in [2.45, 2.75) is 6.92 Å². The summed E-state index contributed by atoms with van der Waals surface area (Å²) >= 11 is 0. The maximum Gasteiger partial charge on any atom is 0.564 e. The summed E-state index contributed by atoms with van der Waals surface area (Å²) in [6.07, 6.45) is 0. The molecule has 10 heavy (non-hydrogen) atoms. The monoisotopic (exact) mass is 146 g/mol. The van der Waals surface area contributed by atoms with E-state index in [4.69, 9.17) is 5.41 Å². The Balaban J connectivity index is 2.55. The van der Waals surface area contributed by atoms with Crippen LogP contribution in [0.1, 0.15) is 6.92 Å². The van der Waals surface area contributed by atoms with Crippen molar-refractivity contribution in [1.82, 2.24) is 4.91 Å². The van der Waals surface area contributed by atoms with Crippen molar-refractivity contribution < 1.29 is 13.8 Å². The van der Waals surface area contributed by atoms with Crippen LogP contribution in [-0.4, -0.2) is 17.5 Å². The molecule has 1 N–H and O–H groups in total. The van der Waals surface area contributed by atoms with Gasteiger partial charge in [0, 0.05) is 4.91 Å². The van der Waals surface area contributed by atoms with Gasteiger partial charge in [0.15, 0.2) is 0 Å². The summed E-state index contributed by atoms with van der Waals surface area (Å²) in [5.74, 6) is -0.829. The van der Waals surface area contributed by atoms with Gasteiger partial charge in [-0.25, -0.2) is 5.41 Å².